The van der Waals surface area contributed by atoms with Gasteiger partial charge < -0.3 is 4.74 Å². The van der Waals surface area contributed by atoms with Crippen LogP contribution < -0.4 is 10.2 Å². The number of hydrogen-bond acceptors (Lipinski definition) is 7. The van der Waals surface area contributed by atoms with Gasteiger partial charge in [0, 0.05) is 30.1 Å². The molecular formula is C20H14N4O5. The number of ether oxygens (including phenoxy) is 1. The molecule has 2 aromatic carbocycles. The first-order valence-corrected chi connectivity index (χ1v) is 8.33. The molecule has 0 atom stereocenters. The average Bonchev–Trinajstić information content (AvgIpc) is 2.75. The fraction of sp³-hybridized carbons (Fsp3) is 0. The summed E-state index contributed by atoms with van der Waals surface area (Å²) in [6.07, 6.45) is 4.39. The van der Waals surface area contributed by atoms with Crippen LogP contribution in [0, 0.1) is 10.1 Å². The van der Waals surface area contributed by atoms with Gasteiger partial charge >= 0.3 is 5.97 Å². The summed E-state index contributed by atoms with van der Waals surface area (Å²) in [4.78, 5) is 37.9. The molecule has 0 aliphatic carbocycles. The maximum absolute atomic E-state index is 12.0. The molecule has 0 unspecified atom stereocenters. The van der Waals surface area contributed by atoms with Gasteiger partial charge in [-0.2, -0.15) is 5.10 Å². The molecule has 9 heteroatoms. The first-order valence-electron chi connectivity index (χ1n) is 8.33. The van der Waals surface area contributed by atoms with E-state index in [1.165, 1.54) is 36.7 Å². The molecular weight excluding hydrogens is 376 g/mol. The summed E-state index contributed by atoms with van der Waals surface area (Å²) in [5, 5.41) is 14.5. The molecule has 1 heterocycles. The predicted octanol–water partition coefficient (Wildman–Crippen LogP) is 2.97. The van der Waals surface area contributed by atoms with Gasteiger partial charge in [-0.25, -0.2) is 10.2 Å². The van der Waals surface area contributed by atoms with Crippen LogP contribution in [0.25, 0.3) is 0 Å². The molecule has 1 amide bonds. The summed E-state index contributed by atoms with van der Waals surface area (Å²) < 4.78 is 5.24. The highest BCUT2D eigenvalue weighted by Crippen LogP contribution is 2.14. The molecule has 0 spiro atoms. The molecule has 0 aliphatic heterocycles. The van der Waals surface area contributed by atoms with E-state index in [0.29, 0.717) is 16.9 Å². The normalized spacial score (nSPS) is 10.5. The lowest BCUT2D eigenvalue weighted by atomic mass is 10.2. The van der Waals surface area contributed by atoms with Crippen molar-refractivity contribution in [1.29, 1.82) is 0 Å². The number of hydrazone groups is 1. The Kier molecular flexibility index (Phi) is 6.01. The lowest BCUT2D eigenvalue weighted by Crippen LogP contribution is -2.17. The number of non-ortho nitro benzene ring substituents is 1. The molecule has 3 rings (SSSR count). The van der Waals surface area contributed by atoms with Crippen molar-refractivity contribution in [3.63, 3.8) is 0 Å². The van der Waals surface area contributed by atoms with Gasteiger partial charge in [0.1, 0.15) is 5.75 Å². The summed E-state index contributed by atoms with van der Waals surface area (Å²) in [6.45, 7) is 0. The first-order chi connectivity index (χ1) is 14.0. The lowest BCUT2D eigenvalue weighted by Gasteiger charge is -2.04. The van der Waals surface area contributed by atoms with Gasteiger partial charge in [0.15, 0.2) is 0 Å². The Hall–Kier alpha value is -4.40. The van der Waals surface area contributed by atoms with Crippen molar-refractivity contribution in [2.24, 2.45) is 5.10 Å². The fourth-order valence-corrected chi connectivity index (χ4v) is 2.24. The van der Waals surface area contributed by atoms with Crippen molar-refractivity contribution < 1.29 is 19.2 Å². The van der Waals surface area contributed by atoms with Gasteiger partial charge in [0.25, 0.3) is 11.6 Å². The molecule has 0 bridgehead atoms. The minimum Gasteiger partial charge on any atom is -0.423 e. The van der Waals surface area contributed by atoms with E-state index in [1.54, 1.807) is 42.6 Å². The fourth-order valence-electron chi connectivity index (χ4n) is 2.24. The van der Waals surface area contributed by atoms with Crippen LogP contribution in [0.5, 0.6) is 5.75 Å². The Labute approximate surface area is 164 Å². The number of pyridine rings is 1. The van der Waals surface area contributed by atoms with Crippen LogP contribution in [0.3, 0.4) is 0 Å². The zero-order chi connectivity index (χ0) is 20.6. The average molecular weight is 390 g/mol. The summed E-state index contributed by atoms with van der Waals surface area (Å²) in [6, 6.07) is 14.9. The molecule has 29 heavy (non-hydrogen) atoms. The van der Waals surface area contributed by atoms with Crippen LogP contribution in [0.4, 0.5) is 5.69 Å². The summed E-state index contributed by atoms with van der Waals surface area (Å²) in [5.41, 5.74) is 3.47. The highest BCUT2D eigenvalue weighted by atomic mass is 16.6. The smallest absolute Gasteiger partial charge is 0.345 e. The van der Waals surface area contributed by atoms with Crippen LogP contribution in [-0.2, 0) is 0 Å². The Bertz CT molecular complexity index is 1050. The number of rotatable bonds is 6. The van der Waals surface area contributed by atoms with Crippen LogP contribution >= 0.6 is 0 Å². The summed E-state index contributed by atoms with van der Waals surface area (Å²) in [7, 11) is 0. The Morgan fingerprint density at radius 3 is 2.38 bits per heavy atom. The second-order valence-electron chi connectivity index (χ2n) is 5.70. The van der Waals surface area contributed by atoms with Crippen LogP contribution in [-0.4, -0.2) is 28.0 Å². The zero-order valence-electron chi connectivity index (χ0n) is 14.9. The van der Waals surface area contributed by atoms with E-state index < -0.39 is 16.8 Å². The Morgan fingerprint density at radius 2 is 1.76 bits per heavy atom. The van der Waals surface area contributed by atoms with E-state index in [4.69, 9.17) is 4.74 Å². The predicted molar refractivity (Wildman–Crippen MR) is 104 cm³/mol. The monoisotopic (exact) mass is 390 g/mol. The minimum atomic E-state index is -0.544. The largest absolute Gasteiger partial charge is 0.423 e. The molecule has 0 aliphatic rings. The van der Waals surface area contributed by atoms with E-state index >= 15 is 0 Å². The molecule has 1 N–H and O–H groups in total. The highest BCUT2D eigenvalue weighted by molar-refractivity contribution is 5.95. The lowest BCUT2D eigenvalue weighted by molar-refractivity contribution is -0.384. The van der Waals surface area contributed by atoms with Gasteiger partial charge in [-0.15, -0.1) is 0 Å². The van der Waals surface area contributed by atoms with Crippen LogP contribution in [0.1, 0.15) is 26.3 Å². The van der Waals surface area contributed by atoms with E-state index in [9.17, 15) is 19.7 Å². The number of aromatic nitrogens is 1. The van der Waals surface area contributed by atoms with E-state index in [0.717, 1.165) is 0 Å². The number of nitrogens with zero attached hydrogens (tertiary/aromatic N) is 3. The van der Waals surface area contributed by atoms with Crippen molar-refractivity contribution in [1.82, 2.24) is 10.4 Å². The number of carbonyl (C=O) groups is 2. The molecule has 9 nitrogen and oxygen atoms in total. The van der Waals surface area contributed by atoms with Crippen molar-refractivity contribution in [3.05, 3.63) is 99.9 Å². The zero-order valence-corrected chi connectivity index (χ0v) is 14.9. The quantitative estimate of drug-likeness (QED) is 0.227. The van der Waals surface area contributed by atoms with Crippen molar-refractivity contribution in [3.8, 4) is 5.75 Å². The van der Waals surface area contributed by atoms with Gasteiger partial charge in [0.2, 0.25) is 0 Å². The molecule has 1 aromatic heterocycles. The third-order valence-electron chi connectivity index (χ3n) is 3.71. The van der Waals surface area contributed by atoms with Crippen LogP contribution in [0.15, 0.2) is 78.2 Å². The third kappa shape index (κ3) is 5.30. The minimum absolute atomic E-state index is 0.102. The first kappa shape index (κ1) is 19.4. The van der Waals surface area contributed by atoms with E-state index in [-0.39, 0.29) is 11.3 Å². The summed E-state index contributed by atoms with van der Waals surface area (Å²) >= 11 is 0. The molecule has 0 saturated carbocycles. The molecule has 0 saturated heterocycles. The Morgan fingerprint density at radius 1 is 1.03 bits per heavy atom. The van der Waals surface area contributed by atoms with Crippen molar-refractivity contribution in [2.45, 2.75) is 0 Å². The van der Waals surface area contributed by atoms with Crippen molar-refractivity contribution in [2.75, 3.05) is 0 Å². The standard InChI is InChI=1S/C20H14N4O5/c25-19(15-5-7-17(8-6-15)24(27)28)23-22-12-14-3-9-18(10-4-14)29-20(26)16-2-1-11-21-13-16/h1-13H,(H,23,25)/b22-12+. The van der Waals surface area contributed by atoms with Crippen molar-refractivity contribution >= 4 is 23.8 Å². The van der Waals surface area contributed by atoms with E-state index in [2.05, 4.69) is 15.5 Å². The number of esters is 1. The van der Waals surface area contributed by atoms with Gasteiger partial charge in [-0.05, 0) is 54.1 Å². The second kappa shape index (κ2) is 9.00. The Balaban J connectivity index is 1.55. The van der Waals surface area contributed by atoms with E-state index in [1.807, 2.05) is 0 Å². The maximum Gasteiger partial charge on any atom is 0.345 e. The topological polar surface area (TPSA) is 124 Å². The molecule has 0 radical (unpaired) electrons. The second-order valence-corrected chi connectivity index (χ2v) is 5.70. The molecule has 144 valence electrons. The van der Waals surface area contributed by atoms with Gasteiger partial charge in [0.05, 0.1) is 16.7 Å². The maximum atomic E-state index is 12.0. The SMILES string of the molecule is O=C(N/N=C/c1ccc(OC(=O)c2cccnc2)cc1)c1ccc([N+](=O)[O-])cc1. The van der Waals surface area contributed by atoms with Gasteiger partial charge in [-0.3, -0.25) is 19.9 Å². The number of nitrogens with one attached hydrogen (secondary N) is 1. The number of hydrogen-bond donors (Lipinski definition) is 1. The molecule has 0 fully saturated rings. The van der Waals surface area contributed by atoms with Crippen LogP contribution in [0.2, 0.25) is 0 Å². The number of amides is 1. The third-order valence-corrected chi connectivity index (χ3v) is 3.71. The van der Waals surface area contributed by atoms with Gasteiger partial charge in [-0.1, -0.05) is 0 Å². The highest BCUT2D eigenvalue weighted by Gasteiger charge is 2.09. The number of nitro benzene ring substituents is 1. The number of nitro groups is 1. The molecule has 3 aromatic rings. The number of benzene rings is 2. The summed E-state index contributed by atoms with van der Waals surface area (Å²) in [5.74, 6) is -0.668. The number of carbonyl (C=O) groups excluding carboxylic acids is 2.